The number of nitrogens with one attached hydrogen (secondary N) is 1. The Labute approximate surface area is 103 Å². The van der Waals surface area contributed by atoms with Gasteiger partial charge >= 0.3 is 0 Å². The predicted molar refractivity (Wildman–Crippen MR) is 72.0 cm³/mol. The Morgan fingerprint density at radius 3 is 2.47 bits per heavy atom. The molecule has 0 aliphatic rings. The van der Waals surface area contributed by atoms with Gasteiger partial charge in [-0.25, -0.2) is 0 Å². The number of hydrogen-bond acceptors (Lipinski definition) is 2. The summed E-state index contributed by atoms with van der Waals surface area (Å²) in [6.45, 7) is 5.53. The second-order valence-electron chi connectivity index (χ2n) is 3.59. The topological polar surface area (TPSA) is 35.8 Å². The van der Waals surface area contributed by atoms with Crippen LogP contribution >= 0.6 is 0 Å². The third-order valence-corrected chi connectivity index (χ3v) is 2.46. The van der Waals surface area contributed by atoms with E-state index in [1.165, 1.54) is 0 Å². The van der Waals surface area contributed by atoms with E-state index in [4.69, 9.17) is 5.26 Å². The summed E-state index contributed by atoms with van der Waals surface area (Å²) in [5, 5.41) is 12.1. The number of hydrogen-bond donors (Lipinski definition) is 1. The van der Waals surface area contributed by atoms with Gasteiger partial charge in [-0.15, -0.1) is 0 Å². The fourth-order valence-corrected chi connectivity index (χ4v) is 1.51. The lowest BCUT2D eigenvalue weighted by molar-refractivity contribution is 1.12. The van der Waals surface area contributed by atoms with Gasteiger partial charge in [-0.2, -0.15) is 5.26 Å². The van der Waals surface area contributed by atoms with Crippen LogP contribution in [-0.2, 0) is 0 Å². The van der Waals surface area contributed by atoms with E-state index in [0.29, 0.717) is 5.57 Å². The Kier molecular flexibility index (Phi) is 4.77. The molecule has 0 bridgehead atoms. The van der Waals surface area contributed by atoms with E-state index < -0.39 is 0 Å². The van der Waals surface area contributed by atoms with E-state index in [1.54, 1.807) is 6.08 Å². The molecular weight excluding hydrogens is 208 g/mol. The van der Waals surface area contributed by atoms with Gasteiger partial charge in [0.15, 0.2) is 0 Å². The summed E-state index contributed by atoms with van der Waals surface area (Å²) in [5.41, 5.74) is 3.57. The zero-order chi connectivity index (χ0) is 12.7. The van der Waals surface area contributed by atoms with Gasteiger partial charge in [0.05, 0.1) is 11.6 Å². The van der Waals surface area contributed by atoms with Crippen molar-refractivity contribution >= 4 is 5.70 Å². The van der Waals surface area contributed by atoms with E-state index in [2.05, 4.69) is 18.0 Å². The van der Waals surface area contributed by atoms with Crippen LogP contribution in [0, 0.1) is 11.3 Å². The predicted octanol–water partition coefficient (Wildman–Crippen LogP) is 3.27. The molecule has 17 heavy (non-hydrogen) atoms. The summed E-state index contributed by atoms with van der Waals surface area (Å²) < 4.78 is 0. The van der Waals surface area contributed by atoms with Crippen molar-refractivity contribution < 1.29 is 0 Å². The Morgan fingerprint density at radius 1 is 1.35 bits per heavy atom. The van der Waals surface area contributed by atoms with Crippen molar-refractivity contribution in [2.45, 2.75) is 6.92 Å². The smallest absolute Gasteiger partial charge is 0.0994 e. The minimum absolute atomic E-state index is 0.591. The van der Waals surface area contributed by atoms with E-state index in [-0.39, 0.29) is 0 Å². The SMILES string of the molecule is C=C/C(C#N)=C(C)\C=C(/NC)c1ccccc1. The van der Waals surface area contributed by atoms with Gasteiger partial charge < -0.3 is 5.32 Å². The highest BCUT2D eigenvalue weighted by Crippen LogP contribution is 2.15. The molecular formula is C15H16N2. The number of allylic oxidation sites excluding steroid dienone is 4. The summed E-state index contributed by atoms with van der Waals surface area (Å²) in [6, 6.07) is 12.1. The highest BCUT2D eigenvalue weighted by Gasteiger charge is 2.00. The van der Waals surface area contributed by atoms with Crippen LogP contribution in [0.2, 0.25) is 0 Å². The standard InChI is InChI=1S/C15H16N2/c1-4-13(11-16)12(2)10-15(17-3)14-8-6-5-7-9-14/h4-10,17H,1H2,2-3H3/b13-12+,15-10-. The van der Waals surface area contributed by atoms with E-state index in [1.807, 2.05) is 50.4 Å². The van der Waals surface area contributed by atoms with Crippen molar-refractivity contribution in [2.75, 3.05) is 7.05 Å². The Morgan fingerprint density at radius 2 is 2.00 bits per heavy atom. The summed E-state index contributed by atoms with van der Waals surface area (Å²) >= 11 is 0. The van der Waals surface area contributed by atoms with Crippen LogP contribution in [0.25, 0.3) is 5.70 Å². The fourth-order valence-electron chi connectivity index (χ4n) is 1.51. The Balaban J connectivity index is 3.17. The van der Waals surface area contributed by atoms with Gasteiger partial charge in [-0.05, 0) is 24.1 Å². The third kappa shape index (κ3) is 3.35. The van der Waals surface area contributed by atoms with Crippen LogP contribution in [-0.4, -0.2) is 7.05 Å². The van der Waals surface area contributed by atoms with Crippen LogP contribution in [0.15, 0.2) is 60.2 Å². The molecule has 0 aliphatic heterocycles. The van der Waals surface area contributed by atoms with Crippen LogP contribution in [0.5, 0.6) is 0 Å². The van der Waals surface area contributed by atoms with Crippen LogP contribution in [0.1, 0.15) is 12.5 Å². The van der Waals surface area contributed by atoms with E-state index >= 15 is 0 Å². The average Bonchev–Trinajstić information content (AvgIpc) is 2.38. The molecule has 1 rings (SSSR count). The molecule has 0 aliphatic carbocycles. The van der Waals surface area contributed by atoms with Gasteiger partial charge in [-0.3, -0.25) is 0 Å². The summed E-state index contributed by atoms with van der Waals surface area (Å²) in [7, 11) is 1.87. The van der Waals surface area contributed by atoms with Gasteiger partial charge in [-0.1, -0.05) is 43.0 Å². The largest absolute Gasteiger partial charge is 0.388 e. The zero-order valence-electron chi connectivity index (χ0n) is 10.2. The molecule has 86 valence electrons. The third-order valence-electron chi connectivity index (χ3n) is 2.46. The van der Waals surface area contributed by atoms with Crippen LogP contribution in [0.3, 0.4) is 0 Å². The Bertz CT molecular complexity index is 487. The minimum atomic E-state index is 0.591. The van der Waals surface area contributed by atoms with Crippen LogP contribution < -0.4 is 5.32 Å². The maximum atomic E-state index is 8.92. The molecule has 0 atom stereocenters. The van der Waals surface area contributed by atoms with Gasteiger partial charge in [0.25, 0.3) is 0 Å². The van der Waals surface area contributed by atoms with E-state index in [9.17, 15) is 0 Å². The molecule has 0 saturated heterocycles. The first-order valence-electron chi connectivity index (χ1n) is 5.41. The average molecular weight is 224 g/mol. The molecule has 0 unspecified atom stereocenters. The fraction of sp³-hybridized carbons (Fsp3) is 0.133. The van der Waals surface area contributed by atoms with Crippen LogP contribution in [0.4, 0.5) is 0 Å². The molecule has 0 spiro atoms. The molecule has 2 nitrogen and oxygen atoms in total. The molecule has 1 aromatic carbocycles. The molecule has 0 fully saturated rings. The maximum absolute atomic E-state index is 8.92. The highest BCUT2D eigenvalue weighted by atomic mass is 14.8. The highest BCUT2D eigenvalue weighted by molar-refractivity contribution is 5.67. The van der Waals surface area contributed by atoms with E-state index in [0.717, 1.165) is 16.8 Å². The lowest BCUT2D eigenvalue weighted by Crippen LogP contribution is -2.04. The molecule has 0 amide bonds. The molecule has 0 heterocycles. The summed E-state index contributed by atoms with van der Waals surface area (Å²) in [5.74, 6) is 0. The van der Waals surface area contributed by atoms with Crippen molar-refractivity contribution in [3.05, 3.63) is 65.8 Å². The lowest BCUT2D eigenvalue weighted by Gasteiger charge is -2.07. The van der Waals surface area contributed by atoms with Gasteiger partial charge in [0.1, 0.15) is 0 Å². The molecule has 1 N–H and O–H groups in total. The first-order chi connectivity index (χ1) is 8.22. The molecule has 0 saturated carbocycles. The number of nitrogens with zero attached hydrogens (tertiary/aromatic N) is 1. The van der Waals surface area contributed by atoms with Crippen molar-refractivity contribution in [3.8, 4) is 6.07 Å². The van der Waals surface area contributed by atoms with Gasteiger partial charge in [0.2, 0.25) is 0 Å². The number of rotatable bonds is 4. The summed E-state index contributed by atoms with van der Waals surface area (Å²) in [4.78, 5) is 0. The quantitative estimate of drug-likeness (QED) is 0.629. The zero-order valence-corrected chi connectivity index (χ0v) is 10.2. The number of nitriles is 1. The van der Waals surface area contributed by atoms with Crippen molar-refractivity contribution in [2.24, 2.45) is 0 Å². The van der Waals surface area contributed by atoms with Gasteiger partial charge in [0, 0.05) is 12.7 Å². The second-order valence-corrected chi connectivity index (χ2v) is 3.59. The maximum Gasteiger partial charge on any atom is 0.0994 e. The first-order valence-corrected chi connectivity index (χ1v) is 5.41. The lowest BCUT2D eigenvalue weighted by atomic mass is 10.1. The second kappa shape index (κ2) is 6.34. The first kappa shape index (κ1) is 12.8. The van der Waals surface area contributed by atoms with Crippen molar-refractivity contribution in [1.82, 2.24) is 5.32 Å². The minimum Gasteiger partial charge on any atom is -0.388 e. The van der Waals surface area contributed by atoms with Crippen molar-refractivity contribution in [1.29, 1.82) is 5.26 Å². The molecule has 0 aromatic heterocycles. The Hall–Kier alpha value is -2.27. The monoisotopic (exact) mass is 224 g/mol. The number of benzene rings is 1. The molecule has 0 radical (unpaired) electrons. The molecule has 1 aromatic rings. The normalized spacial score (nSPS) is 12.4. The van der Waals surface area contributed by atoms with Crippen molar-refractivity contribution in [3.63, 3.8) is 0 Å². The summed E-state index contributed by atoms with van der Waals surface area (Å²) in [6.07, 6.45) is 3.53. The molecule has 2 heteroatoms.